The Bertz CT molecular complexity index is 1170. The average molecular weight is 401 g/mol. The fraction of sp³-hybridized carbons (Fsp3) is 0.182. The summed E-state index contributed by atoms with van der Waals surface area (Å²) < 4.78 is 10.9. The van der Waals surface area contributed by atoms with Crippen LogP contribution in [0, 0.1) is 0 Å². The molecular formula is C22H19N5O3. The van der Waals surface area contributed by atoms with E-state index in [1.54, 1.807) is 30.6 Å². The van der Waals surface area contributed by atoms with Crippen molar-refractivity contribution in [2.45, 2.75) is 0 Å². The van der Waals surface area contributed by atoms with Gasteiger partial charge >= 0.3 is 0 Å². The number of benzene rings is 2. The molecule has 2 aromatic carbocycles. The first kappa shape index (κ1) is 18.3. The van der Waals surface area contributed by atoms with E-state index >= 15 is 0 Å². The average Bonchev–Trinajstić information content (AvgIpc) is 3.24. The number of hydrogen-bond acceptors (Lipinski definition) is 7. The minimum Gasteiger partial charge on any atom is -0.378 e. The van der Waals surface area contributed by atoms with E-state index in [2.05, 4.69) is 25.3 Å². The Morgan fingerprint density at radius 1 is 1.00 bits per heavy atom. The van der Waals surface area contributed by atoms with E-state index in [9.17, 15) is 4.79 Å². The quantitative estimate of drug-likeness (QED) is 0.560. The van der Waals surface area contributed by atoms with Gasteiger partial charge < -0.3 is 19.5 Å². The van der Waals surface area contributed by atoms with E-state index < -0.39 is 0 Å². The van der Waals surface area contributed by atoms with Crippen LogP contribution < -0.4 is 10.2 Å². The molecular weight excluding hydrogens is 382 g/mol. The highest BCUT2D eigenvalue weighted by Gasteiger charge is 2.16. The molecule has 0 radical (unpaired) electrons. The molecule has 0 aliphatic carbocycles. The van der Waals surface area contributed by atoms with E-state index in [0.717, 1.165) is 24.0 Å². The predicted molar refractivity (Wildman–Crippen MR) is 112 cm³/mol. The molecule has 0 spiro atoms. The number of amides is 1. The zero-order valence-electron chi connectivity index (χ0n) is 16.1. The van der Waals surface area contributed by atoms with Crippen LogP contribution in [0.15, 0.2) is 65.4 Å². The molecule has 5 rings (SSSR count). The summed E-state index contributed by atoms with van der Waals surface area (Å²) in [5.74, 6) is 1.02. The Labute approximate surface area is 172 Å². The van der Waals surface area contributed by atoms with Crippen molar-refractivity contribution < 1.29 is 14.1 Å². The first-order valence-electron chi connectivity index (χ1n) is 9.69. The molecule has 4 aromatic rings. The third-order valence-corrected chi connectivity index (χ3v) is 4.96. The van der Waals surface area contributed by atoms with E-state index in [0.29, 0.717) is 41.7 Å². The molecule has 0 saturated carbocycles. The number of aromatic nitrogens is 3. The number of ether oxygens (including phenoxy) is 1. The van der Waals surface area contributed by atoms with Crippen molar-refractivity contribution in [1.29, 1.82) is 0 Å². The van der Waals surface area contributed by atoms with Crippen molar-refractivity contribution in [3.8, 4) is 11.3 Å². The highest BCUT2D eigenvalue weighted by atomic mass is 16.5. The molecule has 1 saturated heterocycles. The summed E-state index contributed by atoms with van der Waals surface area (Å²) >= 11 is 0. The number of carbonyl (C=O) groups excluding carboxylic acids is 1. The Balaban J connectivity index is 1.36. The summed E-state index contributed by atoms with van der Waals surface area (Å²) in [6.07, 6.45) is 3.23. The van der Waals surface area contributed by atoms with E-state index in [1.807, 2.05) is 30.3 Å². The number of hydrogen-bond donors (Lipinski definition) is 1. The Morgan fingerprint density at radius 3 is 2.53 bits per heavy atom. The second-order valence-electron chi connectivity index (χ2n) is 6.93. The molecule has 3 heterocycles. The number of nitrogens with zero attached hydrogens (tertiary/aromatic N) is 4. The van der Waals surface area contributed by atoms with Gasteiger partial charge in [0.25, 0.3) is 5.91 Å². The maximum atomic E-state index is 12.8. The third-order valence-electron chi connectivity index (χ3n) is 4.96. The van der Waals surface area contributed by atoms with Gasteiger partial charge in [0.2, 0.25) is 5.95 Å². The minimum atomic E-state index is -0.250. The largest absolute Gasteiger partial charge is 0.378 e. The highest BCUT2D eigenvalue weighted by molar-refractivity contribution is 6.07. The fourth-order valence-corrected chi connectivity index (χ4v) is 3.40. The van der Waals surface area contributed by atoms with Gasteiger partial charge in [-0.1, -0.05) is 35.5 Å². The number of morpholine rings is 1. The monoisotopic (exact) mass is 401 g/mol. The second-order valence-corrected chi connectivity index (χ2v) is 6.93. The lowest BCUT2D eigenvalue weighted by Gasteiger charge is -2.26. The molecule has 0 bridgehead atoms. The first-order valence-corrected chi connectivity index (χ1v) is 9.69. The second kappa shape index (κ2) is 7.92. The Hall–Kier alpha value is -3.78. The summed E-state index contributed by atoms with van der Waals surface area (Å²) in [4.78, 5) is 23.6. The van der Waals surface area contributed by atoms with Gasteiger partial charge in [0.15, 0.2) is 5.76 Å². The number of anilines is 2. The normalized spacial score (nSPS) is 14.1. The van der Waals surface area contributed by atoms with Gasteiger partial charge in [-0.3, -0.25) is 4.79 Å². The lowest BCUT2D eigenvalue weighted by Crippen LogP contribution is -2.37. The molecule has 0 atom stereocenters. The summed E-state index contributed by atoms with van der Waals surface area (Å²) in [6, 6.07) is 15.0. The van der Waals surface area contributed by atoms with Gasteiger partial charge in [-0.2, -0.15) is 0 Å². The highest BCUT2D eigenvalue weighted by Crippen LogP contribution is 2.29. The zero-order valence-corrected chi connectivity index (χ0v) is 16.1. The van der Waals surface area contributed by atoms with Gasteiger partial charge in [0.05, 0.1) is 36.7 Å². The molecule has 8 nitrogen and oxygen atoms in total. The molecule has 1 fully saturated rings. The zero-order chi connectivity index (χ0) is 20.3. The van der Waals surface area contributed by atoms with Crippen LogP contribution in [-0.2, 0) is 4.74 Å². The molecule has 1 aliphatic heterocycles. The van der Waals surface area contributed by atoms with E-state index in [-0.39, 0.29) is 5.91 Å². The standard InChI is InChI=1S/C22H19N5O3/c28-21(25-17-13-23-22(24-14-17)27-8-10-29-11-9-27)16-6-7-19-18(12-16)20(30-26-19)15-4-2-1-3-5-15/h1-7,12-14H,8-11H2,(H,25,28). The molecule has 1 amide bonds. The lowest BCUT2D eigenvalue weighted by molar-refractivity contribution is 0.102. The maximum Gasteiger partial charge on any atom is 0.255 e. The molecule has 30 heavy (non-hydrogen) atoms. The van der Waals surface area contributed by atoms with Crippen molar-refractivity contribution in [2.24, 2.45) is 0 Å². The molecule has 150 valence electrons. The smallest absolute Gasteiger partial charge is 0.255 e. The van der Waals surface area contributed by atoms with Crippen LogP contribution in [0.5, 0.6) is 0 Å². The van der Waals surface area contributed by atoms with Crippen LogP contribution in [0.25, 0.3) is 22.2 Å². The summed E-state index contributed by atoms with van der Waals surface area (Å²) in [5.41, 5.74) is 2.64. The van der Waals surface area contributed by atoms with Crippen molar-refractivity contribution in [3.63, 3.8) is 0 Å². The molecule has 1 N–H and O–H groups in total. The first-order chi connectivity index (χ1) is 14.8. The fourth-order valence-electron chi connectivity index (χ4n) is 3.40. The summed E-state index contributed by atoms with van der Waals surface area (Å²) in [5, 5.41) is 7.72. The Kier molecular flexibility index (Phi) is 4.82. The van der Waals surface area contributed by atoms with Gasteiger partial charge in [-0.05, 0) is 18.2 Å². The Morgan fingerprint density at radius 2 is 1.77 bits per heavy atom. The number of fused-ring (bicyclic) bond motifs is 1. The van der Waals surface area contributed by atoms with Crippen LogP contribution in [0.4, 0.5) is 11.6 Å². The van der Waals surface area contributed by atoms with E-state index in [4.69, 9.17) is 9.26 Å². The van der Waals surface area contributed by atoms with Crippen LogP contribution in [-0.4, -0.2) is 47.3 Å². The van der Waals surface area contributed by atoms with Crippen LogP contribution in [0.1, 0.15) is 10.4 Å². The van der Waals surface area contributed by atoms with Gasteiger partial charge in [0, 0.05) is 24.2 Å². The number of carbonyl (C=O) groups is 1. The predicted octanol–water partition coefficient (Wildman–Crippen LogP) is 3.37. The van der Waals surface area contributed by atoms with Gasteiger partial charge in [-0.15, -0.1) is 0 Å². The third kappa shape index (κ3) is 3.60. The summed E-state index contributed by atoms with van der Waals surface area (Å²) in [7, 11) is 0. The minimum absolute atomic E-state index is 0.250. The topological polar surface area (TPSA) is 93.4 Å². The molecule has 0 unspecified atom stereocenters. The van der Waals surface area contributed by atoms with E-state index in [1.165, 1.54) is 0 Å². The molecule has 1 aliphatic rings. The van der Waals surface area contributed by atoms with Crippen molar-refractivity contribution in [1.82, 2.24) is 15.1 Å². The van der Waals surface area contributed by atoms with Crippen LogP contribution >= 0.6 is 0 Å². The van der Waals surface area contributed by atoms with Gasteiger partial charge in [0.1, 0.15) is 5.52 Å². The molecule has 8 heteroatoms. The van der Waals surface area contributed by atoms with Crippen LogP contribution in [0.3, 0.4) is 0 Å². The van der Waals surface area contributed by atoms with Crippen molar-refractivity contribution in [2.75, 3.05) is 36.5 Å². The van der Waals surface area contributed by atoms with Crippen LogP contribution in [0.2, 0.25) is 0 Å². The SMILES string of the molecule is O=C(Nc1cnc(N2CCOCC2)nc1)c1ccc2noc(-c3ccccc3)c2c1. The van der Waals surface area contributed by atoms with Crippen molar-refractivity contribution >= 4 is 28.4 Å². The maximum absolute atomic E-state index is 12.8. The number of nitrogens with one attached hydrogen (secondary N) is 1. The number of rotatable bonds is 4. The lowest BCUT2D eigenvalue weighted by atomic mass is 10.1. The van der Waals surface area contributed by atoms with Crippen molar-refractivity contribution in [3.05, 3.63) is 66.5 Å². The molecule has 2 aromatic heterocycles. The van der Waals surface area contributed by atoms with Gasteiger partial charge in [-0.25, -0.2) is 9.97 Å². The summed E-state index contributed by atoms with van der Waals surface area (Å²) in [6.45, 7) is 2.85.